The quantitative estimate of drug-likeness (QED) is 0.793. The summed E-state index contributed by atoms with van der Waals surface area (Å²) in [6.45, 7) is 3.77. The largest absolute Gasteiger partial charge is 0.494 e. The molecule has 0 spiro atoms. The molecule has 0 aliphatic carbocycles. The number of ether oxygens (including phenoxy) is 1. The van der Waals surface area contributed by atoms with Gasteiger partial charge in [-0.15, -0.1) is 0 Å². The zero-order chi connectivity index (χ0) is 20.6. The lowest BCUT2D eigenvalue weighted by Crippen LogP contribution is -2.28. The van der Waals surface area contributed by atoms with Crippen molar-refractivity contribution in [1.82, 2.24) is 14.1 Å². The number of carbonyl (C=O) groups is 1. The number of rotatable bonds is 4. The molecule has 1 aromatic heterocycles. The molecule has 3 rings (SSSR count). The molecule has 148 valence electrons. The van der Waals surface area contributed by atoms with Crippen LogP contribution in [-0.4, -0.2) is 37.5 Å². The van der Waals surface area contributed by atoms with Crippen LogP contribution in [0.25, 0.3) is 0 Å². The Labute approximate surface area is 167 Å². The number of benzene rings is 1. The Morgan fingerprint density at radius 2 is 2.00 bits per heavy atom. The fraction of sp³-hybridized carbons (Fsp3) is 0.368. The Hall–Kier alpha value is -2.94. The van der Waals surface area contributed by atoms with Crippen molar-refractivity contribution in [2.24, 2.45) is 19.2 Å². The van der Waals surface area contributed by atoms with Crippen molar-refractivity contribution in [2.45, 2.75) is 26.3 Å². The molecule has 0 bridgehead atoms. The third kappa shape index (κ3) is 3.22. The van der Waals surface area contributed by atoms with Gasteiger partial charge >= 0.3 is 0 Å². The van der Waals surface area contributed by atoms with Gasteiger partial charge in [0.05, 0.1) is 18.4 Å². The highest BCUT2D eigenvalue weighted by atomic mass is 32.1. The molecule has 2 aromatic rings. The van der Waals surface area contributed by atoms with Gasteiger partial charge in [0.2, 0.25) is 11.8 Å². The van der Waals surface area contributed by atoms with E-state index >= 15 is 0 Å². The lowest BCUT2D eigenvalue weighted by atomic mass is 9.98. The van der Waals surface area contributed by atoms with Crippen molar-refractivity contribution < 1.29 is 14.6 Å². The minimum absolute atomic E-state index is 0.0428. The summed E-state index contributed by atoms with van der Waals surface area (Å²) in [5.74, 6) is 0.113. The van der Waals surface area contributed by atoms with Crippen molar-refractivity contribution in [3.05, 3.63) is 50.5 Å². The zero-order valence-corrected chi connectivity index (χ0v) is 17.0. The van der Waals surface area contributed by atoms with Gasteiger partial charge < -0.3 is 9.84 Å². The van der Waals surface area contributed by atoms with Crippen LogP contribution in [0.1, 0.15) is 37.4 Å². The summed E-state index contributed by atoms with van der Waals surface area (Å²) in [5, 5.41) is 16.2. The number of hydrazone groups is 1. The second-order valence-corrected chi connectivity index (χ2v) is 6.87. The van der Waals surface area contributed by atoms with Crippen molar-refractivity contribution in [1.29, 1.82) is 0 Å². The van der Waals surface area contributed by atoms with Crippen molar-refractivity contribution in [3.8, 4) is 11.6 Å². The number of hydrogen-bond donors (Lipinski definition) is 1. The molecular formula is C19H22N4O4S. The molecule has 1 amide bonds. The van der Waals surface area contributed by atoms with Gasteiger partial charge in [-0.25, -0.2) is 5.01 Å². The van der Waals surface area contributed by atoms with E-state index in [2.05, 4.69) is 5.10 Å². The van der Waals surface area contributed by atoms with Crippen LogP contribution in [0.4, 0.5) is 0 Å². The summed E-state index contributed by atoms with van der Waals surface area (Å²) in [7, 11) is 3.11. The monoisotopic (exact) mass is 402 g/mol. The third-order valence-corrected chi connectivity index (χ3v) is 5.28. The molecule has 1 aromatic carbocycles. The molecule has 8 nitrogen and oxygen atoms in total. The molecule has 0 fully saturated rings. The zero-order valence-electron chi connectivity index (χ0n) is 16.2. The number of carbonyl (C=O) groups excluding carboxylic acids is 1. The standard InChI is InChI=1S/C19H22N4O4S/c1-5-27-15-9-7-6-8-12(15)14-10-13(20-23(14)11(2)24)16-17(25)21(3)19(28)22(4)18(16)26/h6-9,14,25H,5,10H2,1-4H3/t14-/m0/s1. The molecule has 1 atom stereocenters. The van der Waals surface area contributed by atoms with Gasteiger partial charge in [0, 0.05) is 33.0 Å². The molecule has 1 aliphatic rings. The first-order valence-electron chi connectivity index (χ1n) is 8.86. The van der Waals surface area contributed by atoms with Gasteiger partial charge in [0.1, 0.15) is 11.3 Å². The van der Waals surface area contributed by atoms with E-state index < -0.39 is 11.6 Å². The number of aromatic nitrogens is 2. The maximum Gasteiger partial charge on any atom is 0.267 e. The van der Waals surface area contributed by atoms with Crippen molar-refractivity contribution in [3.63, 3.8) is 0 Å². The van der Waals surface area contributed by atoms with Crippen LogP contribution in [-0.2, 0) is 18.9 Å². The van der Waals surface area contributed by atoms with E-state index in [0.29, 0.717) is 18.1 Å². The van der Waals surface area contributed by atoms with Gasteiger partial charge in [-0.05, 0) is 25.2 Å². The first-order chi connectivity index (χ1) is 13.3. The van der Waals surface area contributed by atoms with E-state index in [4.69, 9.17) is 17.0 Å². The average molecular weight is 402 g/mol. The van der Waals surface area contributed by atoms with Gasteiger partial charge in [-0.2, -0.15) is 5.10 Å². The summed E-state index contributed by atoms with van der Waals surface area (Å²) in [5.41, 5.74) is 0.705. The van der Waals surface area contributed by atoms with Crippen molar-refractivity contribution >= 4 is 23.8 Å². The number of aromatic hydroxyl groups is 1. The van der Waals surface area contributed by atoms with Crippen LogP contribution in [0.2, 0.25) is 0 Å². The van der Waals surface area contributed by atoms with Gasteiger partial charge in [-0.3, -0.25) is 18.7 Å². The van der Waals surface area contributed by atoms with E-state index in [1.807, 2.05) is 31.2 Å². The SMILES string of the molecule is CCOc1ccccc1[C@@H]1CC(c2c(O)n(C)c(=S)n(C)c2=O)=NN1C(C)=O. The van der Waals surface area contributed by atoms with Crippen LogP contribution in [0.5, 0.6) is 11.6 Å². The first kappa shape index (κ1) is 19.8. The topological polar surface area (TPSA) is 89.1 Å². The first-order valence-corrected chi connectivity index (χ1v) is 9.27. The van der Waals surface area contributed by atoms with Gasteiger partial charge in [0.15, 0.2) is 4.77 Å². The number of hydrogen-bond acceptors (Lipinski definition) is 6. The van der Waals surface area contributed by atoms with Gasteiger partial charge in [0.25, 0.3) is 5.56 Å². The molecule has 0 radical (unpaired) electrons. The lowest BCUT2D eigenvalue weighted by molar-refractivity contribution is -0.130. The maximum atomic E-state index is 12.8. The number of nitrogens with zero attached hydrogens (tertiary/aromatic N) is 4. The summed E-state index contributed by atoms with van der Waals surface area (Å²) in [6, 6.07) is 6.98. The summed E-state index contributed by atoms with van der Waals surface area (Å²) in [4.78, 5) is 25.0. The molecule has 2 heterocycles. The van der Waals surface area contributed by atoms with E-state index in [1.54, 1.807) is 7.05 Å². The molecule has 0 saturated heterocycles. The summed E-state index contributed by atoms with van der Waals surface area (Å²) < 4.78 is 8.50. The molecule has 28 heavy (non-hydrogen) atoms. The minimum atomic E-state index is -0.457. The van der Waals surface area contributed by atoms with Crippen LogP contribution in [0.15, 0.2) is 34.2 Å². The fourth-order valence-corrected chi connectivity index (χ4v) is 3.49. The highest BCUT2D eigenvalue weighted by molar-refractivity contribution is 7.71. The molecule has 9 heteroatoms. The Kier molecular flexibility index (Phi) is 5.37. The maximum absolute atomic E-state index is 12.8. The predicted octanol–water partition coefficient (Wildman–Crippen LogP) is 2.26. The third-order valence-electron chi connectivity index (χ3n) is 4.73. The fourth-order valence-electron chi connectivity index (χ4n) is 3.32. The Bertz CT molecular complexity index is 1090. The number of para-hydroxylation sites is 1. The molecule has 0 unspecified atom stereocenters. The van der Waals surface area contributed by atoms with Crippen LogP contribution in [0, 0.1) is 4.77 Å². The lowest BCUT2D eigenvalue weighted by Gasteiger charge is -2.22. The second kappa shape index (κ2) is 7.59. The Morgan fingerprint density at radius 1 is 1.32 bits per heavy atom. The van der Waals surface area contributed by atoms with Crippen LogP contribution < -0.4 is 10.3 Å². The summed E-state index contributed by atoms with van der Waals surface area (Å²) in [6.07, 6.45) is 0.267. The minimum Gasteiger partial charge on any atom is -0.494 e. The van der Waals surface area contributed by atoms with Crippen LogP contribution >= 0.6 is 12.2 Å². The predicted molar refractivity (Wildman–Crippen MR) is 107 cm³/mol. The Morgan fingerprint density at radius 3 is 2.64 bits per heavy atom. The van der Waals surface area contributed by atoms with Crippen molar-refractivity contribution in [2.75, 3.05) is 6.61 Å². The second-order valence-electron chi connectivity index (χ2n) is 6.51. The van der Waals surface area contributed by atoms with E-state index in [0.717, 1.165) is 5.56 Å². The number of amides is 1. The Balaban J connectivity index is 2.14. The van der Waals surface area contributed by atoms with E-state index in [-0.39, 0.29) is 28.5 Å². The van der Waals surface area contributed by atoms with Gasteiger partial charge in [-0.1, -0.05) is 18.2 Å². The molecule has 1 N–H and O–H groups in total. The van der Waals surface area contributed by atoms with E-state index in [9.17, 15) is 14.7 Å². The van der Waals surface area contributed by atoms with Crippen LogP contribution in [0.3, 0.4) is 0 Å². The smallest absolute Gasteiger partial charge is 0.267 e. The highest BCUT2D eigenvalue weighted by Crippen LogP contribution is 2.38. The molecule has 0 saturated carbocycles. The summed E-state index contributed by atoms with van der Waals surface area (Å²) >= 11 is 5.16. The normalized spacial score (nSPS) is 16.2. The average Bonchev–Trinajstić information content (AvgIpc) is 3.11. The highest BCUT2D eigenvalue weighted by Gasteiger charge is 2.35. The van der Waals surface area contributed by atoms with E-state index in [1.165, 1.54) is 28.1 Å². The molecular weight excluding hydrogens is 380 g/mol. The molecule has 1 aliphatic heterocycles.